The van der Waals surface area contributed by atoms with Gasteiger partial charge in [-0.25, -0.2) is 4.98 Å². The molecule has 0 aliphatic heterocycles. The second-order valence-electron chi connectivity index (χ2n) is 5.11. The maximum atomic E-state index is 12.0. The summed E-state index contributed by atoms with van der Waals surface area (Å²) in [6, 6.07) is 15.4. The Balaban J connectivity index is 1.55. The van der Waals surface area contributed by atoms with Crippen LogP contribution in [-0.2, 0) is 16.1 Å². The van der Waals surface area contributed by atoms with Gasteiger partial charge in [-0.3, -0.25) is 10.1 Å². The summed E-state index contributed by atoms with van der Waals surface area (Å²) in [5.41, 5.74) is 1.87. The number of carbonyl (C=O) groups is 1. The molecule has 0 radical (unpaired) electrons. The summed E-state index contributed by atoms with van der Waals surface area (Å²) < 4.78 is 11.9. The number of rotatable bonds is 7. The monoisotopic (exact) mass is 342 g/mol. The molecule has 0 unspecified atom stereocenters. The summed E-state index contributed by atoms with van der Waals surface area (Å²) >= 11 is 1.42. The Morgan fingerprint density at radius 2 is 2.04 bits per heavy atom. The van der Waals surface area contributed by atoms with Crippen LogP contribution in [0.1, 0.15) is 12.5 Å². The molecule has 5 nitrogen and oxygen atoms in total. The number of nitrogens with zero attached hydrogens (tertiary/aromatic N) is 1. The number of hydrogen-bond acceptors (Lipinski definition) is 5. The van der Waals surface area contributed by atoms with Gasteiger partial charge in [-0.1, -0.05) is 41.7 Å². The van der Waals surface area contributed by atoms with E-state index < -0.39 is 0 Å². The molecule has 3 aromatic rings. The maximum absolute atomic E-state index is 12.0. The van der Waals surface area contributed by atoms with Crippen LogP contribution in [0.3, 0.4) is 0 Å². The Morgan fingerprint density at radius 1 is 1.21 bits per heavy atom. The van der Waals surface area contributed by atoms with Crippen molar-refractivity contribution in [2.75, 3.05) is 18.5 Å². The van der Waals surface area contributed by atoms with Crippen molar-refractivity contribution in [2.24, 2.45) is 0 Å². The van der Waals surface area contributed by atoms with Gasteiger partial charge in [0.25, 0.3) is 5.91 Å². The molecular weight excluding hydrogens is 324 g/mol. The molecule has 0 saturated heterocycles. The van der Waals surface area contributed by atoms with Gasteiger partial charge in [-0.15, -0.1) is 0 Å². The van der Waals surface area contributed by atoms with Crippen molar-refractivity contribution in [3.63, 3.8) is 0 Å². The van der Waals surface area contributed by atoms with Crippen LogP contribution < -0.4 is 10.1 Å². The van der Waals surface area contributed by atoms with Crippen molar-refractivity contribution in [1.29, 1.82) is 0 Å². The SMILES string of the molecule is CCOc1ccc2nc(NC(=O)COCc3ccccc3)sc2c1. The predicted molar refractivity (Wildman–Crippen MR) is 95.5 cm³/mol. The van der Waals surface area contributed by atoms with E-state index in [1.165, 1.54) is 11.3 Å². The van der Waals surface area contributed by atoms with Crippen molar-refractivity contribution in [3.8, 4) is 5.75 Å². The number of aromatic nitrogens is 1. The van der Waals surface area contributed by atoms with E-state index in [1.54, 1.807) is 0 Å². The highest BCUT2D eigenvalue weighted by molar-refractivity contribution is 7.22. The number of amides is 1. The summed E-state index contributed by atoms with van der Waals surface area (Å²) in [5, 5.41) is 3.33. The molecule has 1 aromatic heterocycles. The lowest BCUT2D eigenvalue weighted by Crippen LogP contribution is -2.18. The molecular formula is C18H18N2O3S. The van der Waals surface area contributed by atoms with E-state index >= 15 is 0 Å². The number of hydrogen-bond donors (Lipinski definition) is 1. The van der Waals surface area contributed by atoms with E-state index in [0.717, 1.165) is 21.5 Å². The third-order valence-corrected chi connectivity index (χ3v) is 4.20. The molecule has 0 bridgehead atoms. The highest BCUT2D eigenvalue weighted by Gasteiger charge is 2.09. The molecule has 124 valence electrons. The number of thiazole rings is 1. The van der Waals surface area contributed by atoms with Crippen molar-refractivity contribution in [1.82, 2.24) is 4.98 Å². The van der Waals surface area contributed by atoms with Gasteiger partial charge >= 0.3 is 0 Å². The lowest BCUT2D eigenvalue weighted by atomic mass is 10.2. The highest BCUT2D eigenvalue weighted by Crippen LogP contribution is 2.29. The first kappa shape index (κ1) is 16.4. The zero-order chi connectivity index (χ0) is 16.8. The third kappa shape index (κ3) is 4.31. The summed E-state index contributed by atoms with van der Waals surface area (Å²) in [6.45, 7) is 2.96. The van der Waals surface area contributed by atoms with Gasteiger partial charge in [-0.2, -0.15) is 0 Å². The van der Waals surface area contributed by atoms with Crippen LogP contribution in [0.5, 0.6) is 5.75 Å². The zero-order valence-corrected chi connectivity index (χ0v) is 14.1. The summed E-state index contributed by atoms with van der Waals surface area (Å²) in [5.74, 6) is 0.590. The van der Waals surface area contributed by atoms with Crippen LogP contribution in [0.2, 0.25) is 0 Å². The van der Waals surface area contributed by atoms with Crippen molar-refractivity contribution in [2.45, 2.75) is 13.5 Å². The standard InChI is InChI=1S/C18H18N2O3S/c1-2-23-14-8-9-15-16(10-14)24-18(19-15)20-17(21)12-22-11-13-6-4-3-5-7-13/h3-10H,2,11-12H2,1H3,(H,19,20,21). The molecule has 1 N–H and O–H groups in total. The summed E-state index contributed by atoms with van der Waals surface area (Å²) in [7, 11) is 0. The minimum absolute atomic E-state index is 0.00495. The largest absolute Gasteiger partial charge is 0.494 e. The number of anilines is 1. The first-order valence-electron chi connectivity index (χ1n) is 7.69. The number of carbonyl (C=O) groups excluding carboxylic acids is 1. The quantitative estimate of drug-likeness (QED) is 0.708. The highest BCUT2D eigenvalue weighted by atomic mass is 32.1. The first-order valence-corrected chi connectivity index (χ1v) is 8.51. The maximum Gasteiger partial charge on any atom is 0.252 e. The Labute approximate surface area is 144 Å². The molecule has 24 heavy (non-hydrogen) atoms. The van der Waals surface area contributed by atoms with E-state index in [2.05, 4.69) is 10.3 Å². The van der Waals surface area contributed by atoms with E-state index in [9.17, 15) is 4.79 Å². The molecule has 1 heterocycles. The van der Waals surface area contributed by atoms with Crippen LogP contribution >= 0.6 is 11.3 Å². The van der Waals surface area contributed by atoms with E-state index in [-0.39, 0.29) is 12.5 Å². The molecule has 0 aliphatic rings. The van der Waals surface area contributed by atoms with Gasteiger partial charge in [0.15, 0.2) is 5.13 Å². The number of ether oxygens (including phenoxy) is 2. The molecule has 6 heteroatoms. The predicted octanol–water partition coefficient (Wildman–Crippen LogP) is 3.85. The normalized spacial score (nSPS) is 10.7. The van der Waals surface area contributed by atoms with Gasteiger partial charge < -0.3 is 9.47 Å². The van der Waals surface area contributed by atoms with E-state index in [0.29, 0.717) is 18.3 Å². The van der Waals surface area contributed by atoms with E-state index in [1.807, 2.05) is 55.5 Å². The number of fused-ring (bicyclic) bond motifs is 1. The van der Waals surface area contributed by atoms with Gasteiger partial charge in [0.2, 0.25) is 0 Å². The van der Waals surface area contributed by atoms with Crippen molar-refractivity contribution in [3.05, 3.63) is 54.1 Å². The number of nitrogens with one attached hydrogen (secondary N) is 1. The fourth-order valence-electron chi connectivity index (χ4n) is 2.21. The van der Waals surface area contributed by atoms with Crippen LogP contribution in [0.4, 0.5) is 5.13 Å². The van der Waals surface area contributed by atoms with Crippen LogP contribution in [0.15, 0.2) is 48.5 Å². The summed E-state index contributed by atoms with van der Waals surface area (Å²) in [4.78, 5) is 16.4. The molecule has 0 fully saturated rings. The Morgan fingerprint density at radius 3 is 2.83 bits per heavy atom. The first-order chi connectivity index (χ1) is 11.7. The minimum atomic E-state index is -0.213. The van der Waals surface area contributed by atoms with Crippen LogP contribution in [0, 0.1) is 0 Å². The van der Waals surface area contributed by atoms with Crippen LogP contribution in [-0.4, -0.2) is 24.1 Å². The minimum Gasteiger partial charge on any atom is -0.494 e. The molecule has 2 aromatic carbocycles. The molecule has 0 saturated carbocycles. The lowest BCUT2D eigenvalue weighted by molar-refractivity contribution is -0.121. The van der Waals surface area contributed by atoms with Crippen LogP contribution in [0.25, 0.3) is 10.2 Å². The lowest BCUT2D eigenvalue weighted by Gasteiger charge is -2.04. The molecule has 1 amide bonds. The van der Waals surface area contributed by atoms with Gasteiger partial charge in [-0.05, 0) is 30.7 Å². The molecule has 0 atom stereocenters. The average Bonchev–Trinajstić information content (AvgIpc) is 2.97. The Kier molecular flexibility index (Phi) is 5.40. The second kappa shape index (κ2) is 7.90. The molecule has 3 rings (SSSR count). The molecule has 0 aliphatic carbocycles. The zero-order valence-electron chi connectivity index (χ0n) is 13.3. The molecule has 0 spiro atoms. The average molecular weight is 342 g/mol. The topological polar surface area (TPSA) is 60.5 Å². The Bertz CT molecular complexity index is 818. The third-order valence-electron chi connectivity index (χ3n) is 3.26. The smallest absolute Gasteiger partial charge is 0.252 e. The fourth-order valence-corrected chi connectivity index (χ4v) is 3.12. The Hall–Kier alpha value is -2.44. The van der Waals surface area contributed by atoms with Gasteiger partial charge in [0.05, 0.1) is 23.4 Å². The van der Waals surface area contributed by atoms with Gasteiger partial charge in [0.1, 0.15) is 12.4 Å². The van der Waals surface area contributed by atoms with Crippen molar-refractivity contribution < 1.29 is 14.3 Å². The van der Waals surface area contributed by atoms with E-state index in [4.69, 9.17) is 9.47 Å². The van der Waals surface area contributed by atoms with Crippen molar-refractivity contribution >= 4 is 32.6 Å². The van der Waals surface area contributed by atoms with Gasteiger partial charge in [0, 0.05) is 0 Å². The second-order valence-corrected chi connectivity index (χ2v) is 6.14. The number of benzene rings is 2. The summed E-state index contributed by atoms with van der Waals surface area (Å²) in [6.07, 6.45) is 0. The fraction of sp³-hybridized carbons (Fsp3) is 0.222.